The fraction of sp³-hybridized carbons (Fsp3) is 0.781. The van der Waals surface area contributed by atoms with Gasteiger partial charge in [0.15, 0.2) is 0 Å². The fourth-order valence-electron chi connectivity index (χ4n) is 7.14. The maximum absolute atomic E-state index is 6.14. The molecule has 2 fully saturated rings. The molecular weight excluding hydrogens is 512 g/mol. The summed E-state index contributed by atoms with van der Waals surface area (Å²) in [4.78, 5) is 26.0. The molecule has 2 aliphatic heterocycles. The Balaban J connectivity index is 1.96. The van der Waals surface area contributed by atoms with E-state index in [9.17, 15) is 0 Å². The highest BCUT2D eigenvalue weighted by molar-refractivity contribution is 5.46. The molecule has 2 N–H and O–H groups in total. The van der Waals surface area contributed by atoms with E-state index in [0.29, 0.717) is 31.1 Å². The summed E-state index contributed by atoms with van der Waals surface area (Å²) in [5.41, 5.74) is -0.233. The summed E-state index contributed by atoms with van der Waals surface area (Å²) in [6, 6.07) is 0.504. The summed E-state index contributed by atoms with van der Waals surface area (Å²) in [5, 5.41) is 9.19. The van der Waals surface area contributed by atoms with Gasteiger partial charge in [-0.2, -0.15) is 20.0 Å². The molecular formula is C32H58N8O. The van der Waals surface area contributed by atoms with Gasteiger partial charge in [-0.3, -0.25) is 9.74 Å². The first-order chi connectivity index (χ1) is 19.1. The Morgan fingerprint density at radius 3 is 2.00 bits per heavy atom. The average molecular weight is 571 g/mol. The normalized spacial score (nSPS) is 22.7. The molecule has 1 aromatic heterocycles. The zero-order chi connectivity index (χ0) is 30.6. The van der Waals surface area contributed by atoms with Crippen molar-refractivity contribution in [2.45, 2.75) is 135 Å². The van der Waals surface area contributed by atoms with E-state index in [1.807, 2.05) is 6.08 Å². The Hall–Kier alpha value is -2.23. The Morgan fingerprint density at radius 2 is 1.46 bits per heavy atom. The zero-order valence-electron chi connectivity index (χ0n) is 27.7. The molecule has 0 aromatic carbocycles. The van der Waals surface area contributed by atoms with Gasteiger partial charge in [-0.25, -0.2) is 0 Å². The van der Waals surface area contributed by atoms with Gasteiger partial charge in [0.25, 0.3) is 0 Å². The van der Waals surface area contributed by atoms with Crippen molar-refractivity contribution >= 4 is 17.8 Å². The van der Waals surface area contributed by atoms with Gasteiger partial charge in [0.1, 0.15) is 0 Å². The molecule has 2 aliphatic rings. The van der Waals surface area contributed by atoms with Gasteiger partial charge in [-0.15, -0.1) is 13.2 Å². The molecule has 0 spiro atoms. The van der Waals surface area contributed by atoms with Crippen molar-refractivity contribution in [3.05, 3.63) is 25.3 Å². The SMILES string of the molecule is C=CCNc1nc(NC2CC(C)(C)N(OCC=C)C(C)(C)C2)nc(N(CCCC)C2CC(C)(C)N(C)C(C)(C)C2)n1. The quantitative estimate of drug-likeness (QED) is 0.266. The van der Waals surface area contributed by atoms with Gasteiger partial charge in [0.05, 0.1) is 6.61 Å². The molecule has 2 saturated heterocycles. The van der Waals surface area contributed by atoms with Crippen LogP contribution in [0.15, 0.2) is 25.3 Å². The van der Waals surface area contributed by atoms with Crippen molar-refractivity contribution in [3.63, 3.8) is 0 Å². The first-order valence-corrected chi connectivity index (χ1v) is 15.5. The van der Waals surface area contributed by atoms with Crippen LogP contribution >= 0.6 is 0 Å². The van der Waals surface area contributed by atoms with E-state index in [-0.39, 0.29) is 28.2 Å². The molecule has 0 amide bonds. The van der Waals surface area contributed by atoms with E-state index in [0.717, 1.165) is 51.0 Å². The van der Waals surface area contributed by atoms with E-state index < -0.39 is 0 Å². The minimum atomic E-state index is -0.180. The third kappa shape index (κ3) is 7.99. The van der Waals surface area contributed by atoms with Crippen LogP contribution in [0.3, 0.4) is 0 Å². The highest BCUT2D eigenvalue weighted by Crippen LogP contribution is 2.41. The summed E-state index contributed by atoms with van der Waals surface area (Å²) < 4.78 is 0. The highest BCUT2D eigenvalue weighted by atomic mass is 16.7. The summed E-state index contributed by atoms with van der Waals surface area (Å²) >= 11 is 0. The Bertz CT molecular complexity index is 1000. The van der Waals surface area contributed by atoms with Crippen molar-refractivity contribution in [2.24, 2.45) is 0 Å². The molecule has 9 nitrogen and oxygen atoms in total. The van der Waals surface area contributed by atoms with E-state index in [2.05, 4.69) is 108 Å². The molecule has 0 saturated carbocycles. The number of piperidine rings is 2. The predicted octanol–water partition coefficient (Wildman–Crippen LogP) is 6.28. The van der Waals surface area contributed by atoms with E-state index in [1.54, 1.807) is 6.08 Å². The lowest BCUT2D eigenvalue weighted by atomic mass is 9.77. The largest absolute Gasteiger partial charge is 0.351 e. The first kappa shape index (κ1) is 33.3. The third-order valence-corrected chi connectivity index (χ3v) is 9.01. The second-order valence-electron chi connectivity index (χ2n) is 14.5. The molecule has 0 aliphatic carbocycles. The molecule has 9 heteroatoms. The highest BCUT2D eigenvalue weighted by Gasteiger charge is 2.47. The molecule has 41 heavy (non-hydrogen) atoms. The minimum absolute atomic E-state index is 0.0632. The summed E-state index contributed by atoms with van der Waals surface area (Å²) in [7, 11) is 2.26. The lowest BCUT2D eigenvalue weighted by Crippen LogP contribution is -2.63. The number of rotatable bonds is 13. The third-order valence-electron chi connectivity index (χ3n) is 9.01. The maximum atomic E-state index is 6.14. The minimum Gasteiger partial charge on any atom is -0.351 e. The van der Waals surface area contributed by atoms with E-state index in [4.69, 9.17) is 19.8 Å². The summed E-state index contributed by atoms with van der Waals surface area (Å²) in [6.45, 7) is 30.3. The molecule has 1 aromatic rings. The number of aromatic nitrogens is 3. The Kier molecular flexibility index (Phi) is 10.5. The summed E-state index contributed by atoms with van der Waals surface area (Å²) in [6.07, 6.45) is 9.71. The van der Waals surface area contributed by atoms with Crippen molar-refractivity contribution in [3.8, 4) is 0 Å². The summed E-state index contributed by atoms with van der Waals surface area (Å²) in [5.74, 6) is 1.94. The number of hydrogen-bond donors (Lipinski definition) is 2. The Morgan fingerprint density at radius 1 is 0.878 bits per heavy atom. The van der Waals surface area contributed by atoms with Crippen molar-refractivity contribution < 1.29 is 4.84 Å². The predicted molar refractivity (Wildman–Crippen MR) is 173 cm³/mol. The molecule has 3 heterocycles. The van der Waals surface area contributed by atoms with Gasteiger partial charge in [-0.1, -0.05) is 25.5 Å². The van der Waals surface area contributed by atoms with Crippen LogP contribution in [0, 0.1) is 0 Å². The number of hydroxylamine groups is 2. The van der Waals surface area contributed by atoms with Crippen LogP contribution in [0.2, 0.25) is 0 Å². The number of unbranched alkanes of at least 4 members (excludes halogenated alkanes) is 1. The second-order valence-corrected chi connectivity index (χ2v) is 14.5. The number of anilines is 3. The molecule has 0 unspecified atom stereocenters. The number of likely N-dealkylation sites (tertiary alicyclic amines) is 1. The van der Waals surface area contributed by atoms with Gasteiger partial charge < -0.3 is 15.5 Å². The molecule has 0 bridgehead atoms. The fourth-order valence-corrected chi connectivity index (χ4v) is 7.14. The van der Waals surface area contributed by atoms with Crippen LogP contribution < -0.4 is 15.5 Å². The smallest absolute Gasteiger partial charge is 0.232 e. The molecule has 0 radical (unpaired) electrons. The van der Waals surface area contributed by atoms with Crippen LogP contribution in [0.4, 0.5) is 17.8 Å². The van der Waals surface area contributed by atoms with Gasteiger partial charge in [0, 0.05) is 47.3 Å². The number of nitrogens with one attached hydrogen (secondary N) is 2. The van der Waals surface area contributed by atoms with Crippen molar-refractivity contribution in [2.75, 3.05) is 42.3 Å². The maximum Gasteiger partial charge on any atom is 0.232 e. The van der Waals surface area contributed by atoms with Gasteiger partial charge in [0.2, 0.25) is 17.8 Å². The zero-order valence-corrected chi connectivity index (χ0v) is 27.7. The average Bonchev–Trinajstić information content (AvgIpc) is 2.84. The van der Waals surface area contributed by atoms with Gasteiger partial charge >= 0.3 is 0 Å². The second kappa shape index (κ2) is 13.0. The number of nitrogens with zero attached hydrogens (tertiary/aromatic N) is 6. The van der Waals surface area contributed by atoms with Crippen LogP contribution in [-0.4, -0.2) is 85.9 Å². The topological polar surface area (TPSA) is 81.7 Å². The monoisotopic (exact) mass is 570 g/mol. The van der Waals surface area contributed by atoms with Crippen LogP contribution in [-0.2, 0) is 4.84 Å². The van der Waals surface area contributed by atoms with Crippen LogP contribution in [0.5, 0.6) is 0 Å². The van der Waals surface area contributed by atoms with Crippen molar-refractivity contribution in [1.82, 2.24) is 24.9 Å². The van der Waals surface area contributed by atoms with Crippen LogP contribution in [0.25, 0.3) is 0 Å². The van der Waals surface area contributed by atoms with Gasteiger partial charge in [-0.05, 0) is 94.5 Å². The standard InChI is InChI=1S/C32H58N8O/c1-13-16-18-39(25-22-29(4,5)38(12)30(6,7)23-25)28-36-26(33-17-14-2)35-27(37-28)34-24-20-31(8,9)40(41-19-15-3)32(10,11)21-24/h14-15,24-25H,2-3,13,16-23H2,1,4-12H3,(H2,33,34,35,36,37). The van der Waals surface area contributed by atoms with E-state index >= 15 is 0 Å². The lowest BCUT2D eigenvalue weighted by Gasteiger charge is -2.55. The number of hydrogen-bond acceptors (Lipinski definition) is 9. The Labute approximate surface area is 250 Å². The van der Waals surface area contributed by atoms with Crippen LogP contribution in [0.1, 0.15) is 101 Å². The molecule has 3 rings (SSSR count). The van der Waals surface area contributed by atoms with E-state index in [1.165, 1.54) is 0 Å². The first-order valence-electron chi connectivity index (χ1n) is 15.5. The lowest BCUT2D eigenvalue weighted by molar-refractivity contribution is -0.275. The molecule has 0 atom stereocenters. The molecule has 232 valence electrons. The van der Waals surface area contributed by atoms with Crippen molar-refractivity contribution in [1.29, 1.82) is 0 Å².